The van der Waals surface area contributed by atoms with Gasteiger partial charge in [0, 0.05) is 28.2 Å². The van der Waals surface area contributed by atoms with Crippen molar-refractivity contribution in [2.45, 2.75) is 38.9 Å². The molecule has 3 aromatic carbocycles. The number of nitrogens with one attached hydrogen (secondary N) is 1. The van der Waals surface area contributed by atoms with Gasteiger partial charge in [0.2, 0.25) is 0 Å². The quantitative estimate of drug-likeness (QED) is 0.360. The summed E-state index contributed by atoms with van der Waals surface area (Å²) in [6, 6.07) is 25.8. The molecule has 37 heavy (non-hydrogen) atoms. The second-order valence-corrected chi connectivity index (χ2v) is 9.41. The second kappa shape index (κ2) is 9.54. The Hall–Kier alpha value is -4.46. The van der Waals surface area contributed by atoms with E-state index in [9.17, 15) is 4.79 Å². The summed E-state index contributed by atoms with van der Waals surface area (Å²) in [6.45, 7) is 5.21. The molecular weight excluding hydrogens is 464 g/mol. The normalized spacial score (nSPS) is 15.6. The van der Waals surface area contributed by atoms with E-state index in [1.54, 1.807) is 4.68 Å². The topological polar surface area (TPSA) is 88.9 Å². The van der Waals surface area contributed by atoms with E-state index in [1.807, 2.05) is 67.6 Å². The molecule has 0 saturated carbocycles. The van der Waals surface area contributed by atoms with Gasteiger partial charge in [-0.05, 0) is 72.2 Å². The van der Waals surface area contributed by atoms with E-state index in [2.05, 4.69) is 50.5 Å². The Bertz CT molecular complexity index is 1610. The predicted molar refractivity (Wildman–Crippen MR) is 143 cm³/mol. The van der Waals surface area contributed by atoms with Gasteiger partial charge in [-0.25, -0.2) is 4.68 Å². The van der Waals surface area contributed by atoms with Crippen LogP contribution in [-0.4, -0.2) is 37.8 Å². The van der Waals surface area contributed by atoms with Gasteiger partial charge in [-0.15, -0.1) is 5.10 Å². The maximum Gasteiger partial charge on any atom is 0.254 e. The molecule has 2 atom stereocenters. The third-order valence-corrected chi connectivity index (χ3v) is 6.97. The Balaban J connectivity index is 1.54. The van der Waals surface area contributed by atoms with Gasteiger partial charge in [0.25, 0.3) is 5.56 Å². The fourth-order valence-electron chi connectivity index (χ4n) is 5.33. The van der Waals surface area contributed by atoms with Gasteiger partial charge in [-0.3, -0.25) is 4.79 Å². The van der Waals surface area contributed by atoms with Crippen LogP contribution in [0.5, 0.6) is 5.75 Å². The lowest BCUT2D eigenvalue weighted by molar-refractivity contribution is 0.340. The summed E-state index contributed by atoms with van der Waals surface area (Å²) in [5.41, 5.74) is 4.62. The van der Waals surface area contributed by atoms with Crippen molar-refractivity contribution in [3.63, 3.8) is 0 Å². The number of pyridine rings is 1. The Morgan fingerprint density at radius 2 is 1.86 bits per heavy atom. The third-order valence-electron chi connectivity index (χ3n) is 6.97. The van der Waals surface area contributed by atoms with Gasteiger partial charge in [-0.2, -0.15) is 0 Å². The Morgan fingerprint density at radius 3 is 2.70 bits per heavy atom. The predicted octanol–water partition coefficient (Wildman–Crippen LogP) is 4.50. The summed E-state index contributed by atoms with van der Waals surface area (Å²) >= 11 is 0. The molecule has 0 amide bonds. The van der Waals surface area contributed by atoms with Crippen LogP contribution in [0.4, 0.5) is 5.69 Å². The highest BCUT2D eigenvalue weighted by Gasteiger charge is 2.37. The Labute approximate surface area is 214 Å². The number of hydrogen-bond acceptors (Lipinski definition) is 6. The average molecular weight is 493 g/mol. The van der Waals surface area contributed by atoms with Crippen molar-refractivity contribution >= 4 is 16.6 Å². The zero-order valence-corrected chi connectivity index (χ0v) is 20.8. The van der Waals surface area contributed by atoms with Crippen molar-refractivity contribution < 1.29 is 4.74 Å². The minimum Gasteiger partial charge on any atom is -0.494 e. The second-order valence-electron chi connectivity index (χ2n) is 9.41. The molecule has 8 heteroatoms. The zero-order valence-electron chi connectivity index (χ0n) is 20.8. The van der Waals surface area contributed by atoms with E-state index in [-0.39, 0.29) is 11.6 Å². The molecule has 3 heterocycles. The van der Waals surface area contributed by atoms with Gasteiger partial charge in [0.05, 0.1) is 13.2 Å². The first-order chi connectivity index (χ1) is 18.1. The number of fused-ring (bicyclic) bond motifs is 2. The number of benzene rings is 3. The molecule has 186 valence electrons. The molecule has 1 aliphatic rings. The van der Waals surface area contributed by atoms with E-state index in [1.165, 1.54) is 5.56 Å². The first kappa shape index (κ1) is 23.0. The number of hydrogen-bond donors (Lipinski definition) is 1. The van der Waals surface area contributed by atoms with E-state index in [0.29, 0.717) is 24.5 Å². The first-order valence-corrected chi connectivity index (χ1v) is 12.6. The van der Waals surface area contributed by atoms with Crippen molar-refractivity contribution in [2.24, 2.45) is 0 Å². The molecule has 0 aliphatic carbocycles. The standard InChI is InChI=1S/C29H28N6O2/c1-3-37-23-13-14-25-22(16-23)17-24(29(36)30-25)27(35-19(2)15-21-11-7-8-12-26(21)35)28-31-32-33-34(28)18-20-9-5-4-6-10-20/h4-14,16-17,19,27H,3,15,18H2,1-2H3,(H,30,36). The average Bonchev–Trinajstić information content (AvgIpc) is 3.49. The van der Waals surface area contributed by atoms with Gasteiger partial charge in [-0.1, -0.05) is 48.5 Å². The number of nitrogens with zero attached hydrogens (tertiary/aromatic N) is 5. The van der Waals surface area contributed by atoms with Crippen molar-refractivity contribution in [1.82, 2.24) is 25.2 Å². The van der Waals surface area contributed by atoms with Crippen LogP contribution in [0.25, 0.3) is 10.9 Å². The number of aromatic nitrogens is 5. The van der Waals surface area contributed by atoms with Crippen molar-refractivity contribution in [3.05, 3.63) is 112 Å². The molecule has 2 aromatic heterocycles. The number of para-hydroxylation sites is 1. The summed E-state index contributed by atoms with van der Waals surface area (Å²) in [7, 11) is 0. The van der Waals surface area contributed by atoms with Crippen molar-refractivity contribution in [1.29, 1.82) is 0 Å². The van der Waals surface area contributed by atoms with Crippen LogP contribution in [0.2, 0.25) is 0 Å². The van der Waals surface area contributed by atoms with Gasteiger partial charge >= 0.3 is 0 Å². The van der Waals surface area contributed by atoms with Gasteiger partial charge in [0.15, 0.2) is 5.82 Å². The van der Waals surface area contributed by atoms with Crippen LogP contribution in [0.1, 0.15) is 42.4 Å². The number of tetrazole rings is 1. The molecular formula is C29H28N6O2. The van der Waals surface area contributed by atoms with Crippen LogP contribution in [-0.2, 0) is 13.0 Å². The summed E-state index contributed by atoms with van der Waals surface area (Å²) in [5, 5.41) is 13.8. The lowest BCUT2D eigenvalue weighted by Crippen LogP contribution is -2.38. The van der Waals surface area contributed by atoms with Gasteiger partial charge < -0.3 is 14.6 Å². The maximum absolute atomic E-state index is 13.6. The first-order valence-electron chi connectivity index (χ1n) is 12.6. The van der Waals surface area contributed by atoms with Crippen molar-refractivity contribution in [2.75, 3.05) is 11.5 Å². The number of ether oxygens (including phenoxy) is 1. The maximum atomic E-state index is 13.6. The summed E-state index contributed by atoms with van der Waals surface area (Å²) in [4.78, 5) is 19.0. The molecule has 6 rings (SSSR count). The van der Waals surface area contributed by atoms with Crippen LogP contribution in [0.3, 0.4) is 0 Å². The molecule has 1 aliphatic heterocycles. The minimum atomic E-state index is -0.485. The number of aromatic amines is 1. The summed E-state index contributed by atoms with van der Waals surface area (Å²) in [5.74, 6) is 1.39. The number of H-pyrrole nitrogens is 1. The molecule has 8 nitrogen and oxygen atoms in total. The van der Waals surface area contributed by atoms with Crippen LogP contribution in [0.15, 0.2) is 83.7 Å². The van der Waals surface area contributed by atoms with Crippen LogP contribution in [0, 0.1) is 0 Å². The Morgan fingerprint density at radius 1 is 1.05 bits per heavy atom. The van der Waals surface area contributed by atoms with E-state index in [0.717, 1.165) is 34.3 Å². The number of rotatable bonds is 7. The van der Waals surface area contributed by atoms with Crippen molar-refractivity contribution in [3.8, 4) is 5.75 Å². The molecule has 0 bridgehead atoms. The Kier molecular flexibility index (Phi) is 5.92. The lowest BCUT2D eigenvalue weighted by Gasteiger charge is -2.33. The SMILES string of the molecule is CCOc1ccc2[nH]c(=O)c(C(c3nnnn3Cc3ccccc3)N3c4ccccc4CC3C)cc2c1. The molecule has 0 saturated heterocycles. The van der Waals surface area contributed by atoms with E-state index < -0.39 is 6.04 Å². The van der Waals surface area contributed by atoms with Crippen LogP contribution < -0.4 is 15.2 Å². The molecule has 0 spiro atoms. The molecule has 0 radical (unpaired) electrons. The molecule has 2 unspecified atom stereocenters. The largest absolute Gasteiger partial charge is 0.494 e. The minimum absolute atomic E-state index is 0.147. The number of anilines is 1. The van der Waals surface area contributed by atoms with Crippen LogP contribution >= 0.6 is 0 Å². The lowest BCUT2D eigenvalue weighted by atomic mass is 10.0. The summed E-state index contributed by atoms with van der Waals surface area (Å²) in [6.07, 6.45) is 0.882. The smallest absolute Gasteiger partial charge is 0.254 e. The monoisotopic (exact) mass is 492 g/mol. The molecule has 5 aromatic rings. The highest BCUT2D eigenvalue weighted by molar-refractivity contribution is 5.81. The molecule has 1 N–H and O–H groups in total. The zero-order chi connectivity index (χ0) is 25.4. The highest BCUT2D eigenvalue weighted by atomic mass is 16.5. The highest BCUT2D eigenvalue weighted by Crippen LogP contribution is 2.40. The fraction of sp³-hybridized carbons (Fsp3) is 0.241. The molecule has 0 fully saturated rings. The van der Waals surface area contributed by atoms with E-state index in [4.69, 9.17) is 4.74 Å². The fourth-order valence-corrected chi connectivity index (χ4v) is 5.33. The van der Waals surface area contributed by atoms with Gasteiger partial charge in [0.1, 0.15) is 11.8 Å². The third kappa shape index (κ3) is 4.24. The summed E-state index contributed by atoms with van der Waals surface area (Å²) < 4.78 is 7.53. The van der Waals surface area contributed by atoms with E-state index >= 15 is 0 Å².